The van der Waals surface area contributed by atoms with Gasteiger partial charge in [-0.05, 0) is 17.0 Å². The number of carbonyl (C=O) groups is 1. The zero-order valence-corrected chi connectivity index (χ0v) is 16.9. The summed E-state index contributed by atoms with van der Waals surface area (Å²) in [6.07, 6.45) is 0. The predicted molar refractivity (Wildman–Crippen MR) is 107 cm³/mol. The van der Waals surface area contributed by atoms with Crippen LogP contribution in [-0.4, -0.2) is 57.8 Å². The molecule has 1 saturated heterocycles. The van der Waals surface area contributed by atoms with E-state index in [1.165, 1.54) is 34.2 Å². The summed E-state index contributed by atoms with van der Waals surface area (Å²) in [4.78, 5) is 16.7. The first-order chi connectivity index (χ1) is 12.5. The maximum absolute atomic E-state index is 12.4. The number of piperazine rings is 1. The summed E-state index contributed by atoms with van der Waals surface area (Å²) in [5.41, 5.74) is 8.27. The van der Waals surface area contributed by atoms with Gasteiger partial charge in [-0.15, -0.1) is 10.2 Å². The van der Waals surface area contributed by atoms with Crippen LogP contribution in [0.25, 0.3) is 0 Å². The Labute approximate surface area is 162 Å². The smallest absolute Gasteiger partial charge is 0.233 e. The lowest BCUT2D eigenvalue weighted by Gasteiger charge is -2.34. The van der Waals surface area contributed by atoms with Crippen molar-refractivity contribution in [2.75, 3.05) is 37.7 Å². The number of hydrogen-bond donors (Lipinski definition) is 1. The number of hydrogen-bond acceptors (Lipinski definition) is 7. The molecular weight excluding hydrogens is 366 g/mol. The number of thioether (sulfide) groups is 1. The van der Waals surface area contributed by atoms with E-state index in [9.17, 15) is 4.79 Å². The van der Waals surface area contributed by atoms with Gasteiger partial charge in [0.05, 0.1) is 5.75 Å². The number of anilines is 1. The summed E-state index contributed by atoms with van der Waals surface area (Å²) in [5, 5.41) is 8.14. The molecule has 2 aromatic rings. The lowest BCUT2D eigenvalue weighted by molar-refractivity contribution is -0.130. The first-order valence-corrected chi connectivity index (χ1v) is 10.6. The van der Waals surface area contributed by atoms with E-state index in [4.69, 9.17) is 5.73 Å². The standard InChI is InChI=1S/C18H25N5OS2/c1-13(2)15-5-3-14(4-6-15)11-22-7-9-23(10-8-22)16(24)12-25-18-21-20-17(19)26-18/h3-6,13H,7-12H2,1-2H3,(H2,19,20). The van der Waals surface area contributed by atoms with Crippen LogP contribution < -0.4 is 5.73 Å². The maximum atomic E-state index is 12.4. The minimum absolute atomic E-state index is 0.157. The second kappa shape index (κ2) is 8.83. The van der Waals surface area contributed by atoms with Gasteiger partial charge in [-0.2, -0.15) is 0 Å². The molecule has 1 fully saturated rings. The van der Waals surface area contributed by atoms with Crippen molar-refractivity contribution >= 4 is 34.1 Å². The van der Waals surface area contributed by atoms with Crippen molar-refractivity contribution in [1.82, 2.24) is 20.0 Å². The van der Waals surface area contributed by atoms with Gasteiger partial charge in [0.15, 0.2) is 4.34 Å². The monoisotopic (exact) mass is 391 g/mol. The number of nitrogens with two attached hydrogens (primary N) is 1. The van der Waals surface area contributed by atoms with Crippen molar-refractivity contribution in [3.05, 3.63) is 35.4 Å². The average molecular weight is 392 g/mol. The lowest BCUT2D eigenvalue weighted by Crippen LogP contribution is -2.48. The van der Waals surface area contributed by atoms with E-state index in [0.29, 0.717) is 16.8 Å². The number of rotatable bonds is 6. The van der Waals surface area contributed by atoms with Gasteiger partial charge in [0.25, 0.3) is 0 Å². The van der Waals surface area contributed by atoms with E-state index in [0.717, 1.165) is 37.1 Å². The Morgan fingerprint density at radius 2 is 1.88 bits per heavy atom. The third-order valence-corrected chi connectivity index (χ3v) is 6.39. The van der Waals surface area contributed by atoms with Crippen LogP contribution in [0.5, 0.6) is 0 Å². The molecule has 0 unspecified atom stereocenters. The second-order valence-electron chi connectivity index (χ2n) is 6.75. The van der Waals surface area contributed by atoms with Crippen LogP contribution in [0.3, 0.4) is 0 Å². The number of nitrogen functional groups attached to an aromatic ring is 1. The number of carbonyl (C=O) groups excluding carboxylic acids is 1. The van der Waals surface area contributed by atoms with Gasteiger partial charge >= 0.3 is 0 Å². The quantitative estimate of drug-likeness (QED) is 0.763. The zero-order valence-electron chi connectivity index (χ0n) is 15.2. The fourth-order valence-corrected chi connectivity index (χ4v) is 4.45. The van der Waals surface area contributed by atoms with Gasteiger partial charge in [0.1, 0.15) is 0 Å². The molecule has 2 heterocycles. The van der Waals surface area contributed by atoms with Crippen molar-refractivity contribution in [2.24, 2.45) is 0 Å². The van der Waals surface area contributed by atoms with Crippen LogP contribution in [0, 0.1) is 0 Å². The predicted octanol–water partition coefficient (Wildman–Crippen LogP) is 2.68. The lowest BCUT2D eigenvalue weighted by atomic mass is 10.0. The van der Waals surface area contributed by atoms with Gasteiger partial charge in [-0.3, -0.25) is 9.69 Å². The highest BCUT2D eigenvalue weighted by Crippen LogP contribution is 2.24. The molecule has 0 aliphatic carbocycles. The van der Waals surface area contributed by atoms with Crippen LogP contribution in [-0.2, 0) is 11.3 Å². The molecule has 0 saturated carbocycles. The topological polar surface area (TPSA) is 75.3 Å². The SMILES string of the molecule is CC(C)c1ccc(CN2CCN(C(=O)CSc3nnc(N)s3)CC2)cc1. The van der Waals surface area contributed by atoms with Crippen molar-refractivity contribution in [3.8, 4) is 0 Å². The minimum atomic E-state index is 0.157. The fourth-order valence-electron chi connectivity index (χ4n) is 2.92. The normalized spacial score (nSPS) is 15.6. The Balaban J connectivity index is 1.42. The van der Waals surface area contributed by atoms with Gasteiger partial charge in [-0.25, -0.2) is 0 Å². The summed E-state index contributed by atoms with van der Waals surface area (Å²) < 4.78 is 0.749. The Kier molecular flexibility index (Phi) is 6.50. The van der Waals surface area contributed by atoms with Gasteiger partial charge in [-0.1, -0.05) is 61.2 Å². The number of nitrogens with zero attached hydrogens (tertiary/aromatic N) is 4. The largest absolute Gasteiger partial charge is 0.374 e. The molecule has 1 aromatic carbocycles. The van der Waals surface area contributed by atoms with E-state index in [1.807, 2.05) is 4.90 Å². The number of benzene rings is 1. The van der Waals surface area contributed by atoms with Crippen molar-refractivity contribution in [3.63, 3.8) is 0 Å². The number of aromatic nitrogens is 2. The van der Waals surface area contributed by atoms with E-state index in [-0.39, 0.29) is 5.91 Å². The molecule has 3 rings (SSSR count). The summed E-state index contributed by atoms with van der Waals surface area (Å²) >= 11 is 2.73. The molecule has 2 N–H and O–H groups in total. The molecule has 1 amide bonds. The second-order valence-corrected chi connectivity index (χ2v) is 8.98. The van der Waals surface area contributed by atoms with Gasteiger partial charge in [0, 0.05) is 32.7 Å². The molecule has 140 valence electrons. The number of amides is 1. The molecule has 6 nitrogen and oxygen atoms in total. The Hall–Kier alpha value is -1.64. The summed E-state index contributed by atoms with van der Waals surface area (Å²) in [7, 11) is 0. The van der Waals surface area contributed by atoms with Crippen molar-refractivity contribution in [1.29, 1.82) is 0 Å². The summed E-state index contributed by atoms with van der Waals surface area (Å²) in [5.74, 6) is 1.11. The van der Waals surface area contributed by atoms with Crippen LogP contribution >= 0.6 is 23.1 Å². The first kappa shape index (κ1) is 19.1. The van der Waals surface area contributed by atoms with Crippen LogP contribution in [0.4, 0.5) is 5.13 Å². The Morgan fingerprint density at radius 3 is 2.46 bits per heavy atom. The molecule has 1 aliphatic rings. The highest BCUT2D eigenvalue weighted by Gasteiger charge is 2.21. The molecule has 26 heavy (non-hydrogen) atoms. The van der Waals surface area contributed by atoms with E-state index in [1.54, 1.807) is 0 Å². The van der Waals surface area contributed by atoms with Crippen LogP contribution in [0.2, 0.25) is 0 Å². The van der Waals surface area contributed by atoms with E-state index in [2.05, 4.69) is 53.2 Å². The van der Waals surface area contributed by atoms with Crippen LogP contribution in [0.1, 0.15) is 30.9 Å². The Morgan fingerprint density at radius 1 is 1.19 bits per heavy atom. The summed E-state index contributed by atoms with van der Waals surface area (Å²) in [6.45, 7) is 8.75. The molecule has 0 spiro atoms. The molecule has 1 aromatic heterocycles. The van der Waals surface area contributed by atoms with Crippen LogP contribution in [0.15, 0.2) is 28.6 Å². The molecular formula is C18H25N5OS2. The van der Waals surface area contributed by atoms with Gasteiger partial charge < -0.3 is 10.6 Å². The van der Waals surface area contributed by atoms with Crippen molar-refractivity contribution < 1.29 is 4.79 Å². The maximum Gasteiger partial charge on any atom is 0.233 e. The third-order valence-electron chi connectivity index (χ3n) is 4.52. The van der Waals surface area contributed by atoms with E-state index < -0.39 is 0 Å². The highest BCUT2D eigenvalue weighted by atomic mass is 32.2. The highest BCUT2D eigenvalue weighted by molar-refractivity contribution is 8.01. The molecule has 8 heteroatoms. The molecule has 0 bridgehead atoms. The summed E-state index contributed by atoms with van der Waals surface area (Å²) in [6, 6.07) is 8.88. The molecule has 1 aliphatic heterocycles. The molecule has 0 atom stereocenters. The minimum Gasteiger partial charge on any atom is -0.374 e. The first-order valence-electron chi connectivity index (χ1n) is 8.82. The van der Waals surface area contributed by atoms with Gasteiger partial charge in [0.2, 0.25) is 11.0 Å². The third kappa shape index (κ3) is 5.18. The van der Waals surface area contributed by atoms with Crippen molar-refractivity contribution in [2.45, 2.75) is 30.6 Å². The zero-order chi connectivity index (χ0) is 18.5. The average Bonchev–Trinajstić information content (AvgIpc) is 3.06. The van der Waals surface area contributed by atoms with E-state index >= 15 is 0 Å². The fraction of sp³-hybridized carbons (Fsp3) is 0.500. The molecule has 0 radical (unpaired) electrons. The Bertz CT molecular complexity index is 723.